The summed E-state index contributed by atoms with van der Waals surface area (Å²) >= 11 is 0. The maximum Gasteiger partial charge on any atom is 0.173 e. The van der Waals surface area contributed by atoms with Crippen molar-refractivity contribution in [1.29, 1.82) is 5.26 Å². The highest BCUT2D eigenvalue weighted by Gasteiger charge is 2.43. The van der Waals surface area contributed by atoms with Crippen molar-refractivity contribution in [1.82, 2.24) is 0 Å². The van der Waals surface area contributed by atoms with Crippen molar-refractivity contribution >= 4 is 9.04 Å². The summed E-state index contributed by atoms with van der Waals surface area (Å²) in [6.07, 6.45) is 1.89. The number of hydrogen-bond acceptors (Lipinski definition) is 2. The molecule has 0 radical (unpaired) electrons. The van der Waals surface area contributed by atoms with E-state index >= 15 is 0 Å². The van der Waals surface area contributed by atoms with E-state index < -0.39 is 14.6 Å². The first-order valence-electron chi connectivity index (χ1n) is 6.23. The Labute approximate surface area is 103 Å². The van der Waals surface area contributed by atoms with E-state index in [-0.39, 0.29) is 5.41 Å². The Kier molecular flexibility index (Phi) is 5.71. The standard InChI is InChI=1S/C13H27NOSi/c1-11(2)8-9-13(10-14,12(3,4)5)15-16(6)7/h11,16H,8-9H2,1-7H3. The van der Waals surface area contributed by atoms with E-state index in [4.69, 9.17) is 4.43 Å². The number of rotatable bonds is 5. The average Bonchev–Trinajstić information content (AvgIpc) is 2.09. The number of nitrogens with zero attached hydrogens (tertiary/aromatic N) is 1. The van der Waals surface area contributed by atoms with Crippen molar-refractivity contribution < 1.29 is 4.43 Å². The third-order valence-electron chi connectivity index (χ3n) is 2.90. The van der Waals surface area contributed by atoms with Gasteiger partial charge in [-0.1, -0.05) is 34.6 Å². The van der Waals surface area contributed by atoms with Crippen LogP contribution in [-0.4, -0.2) is 14.6 Å². The first kappa shape index (κ1) is 15.7. The van der Waals surface area contributed by atoms with Crippen LogP contribution in [0.3, 0.4) is 0 Å². The van der Waals surface area contributed by atoms with Crippen molar-refractivity contribution in [3.8, 4) is 6.07 Å². The van der Waals surface area contributed by atoms with Crippen LogP contribution in [0.15, 0.2) is 0 Å². The molecule has 16 heavy (non-hydrogen) atoms. The van der Waals surface area contributed by atoms with E-state index in [1.54, 1.807) is 0 Å². The highest BCUT2D eigenvalue weighted by atomic mass is 28.3. The van der Waals surface area contributed by atoms with Gasteiger partial charge in [-0.25, -0.2) is 0 Å². The quantitative estimate of drug-likeness (QED) is 0.687. The van der Waals surface area contributed by atoms with Crippen LogP contribution >= 0.6 is 0 Å². The van der Waals surface area contributed by atoms with Gasteiger partial charge in [0.05, 0.1) is 6.07 Å². The van der Waals surface area contributed by atoms with Gasteiger partial charge in [-0.2, -0.15) is 5.26 Å². The lowest BCUT2D eigenvalue weighted by molar-refractivity contribution is 0.00498. The lowest BCUT2D eigenvalue weighted by Gasteiger charge is -2.41. The lowest BCUT2D eigenvalue weighted by Crippen LogP contribution is -2.47. The van der Waals surface area contributed by atoms with E-state index in [9.17, 15) is 5.26 Å². The van der Waals surface area contributed by atoms with Gasteiger partial charge in [-0.3, -0.25) is 0 Å². The Morgan fingerprint density at radius 1 is 1.25 bits per heavy atom. The van der Waals surface area contributed by atoms with Gasteiger partial charge in [0, 0.05) is 5.41 Å². The minimum Gasteiger partial charge on any atom is -0.402 e. The van der Waals surface area contributed by atoms with Crippen LogP contribution in [-0.2, 0) is 4.43 Å². The van der Waals surface area contributed by atoms with Crippen molar-refractivity contribution in [2.45, 2.75) is 66.2 Å². The zero-order chi connectivity index (χ0) is 13.0. The molecule has 0 rings (SSSR count). The summed E-state index contributed by atoms with van der Waals surface area (Å²) in [4.78, 5) is 0. The summed E-state index contributed by atoms with van der Waals surface area (Å²) in [5, 5.41) is 9.52. The molecule has 0 aromatic heterocycles. The van der Waals surface area contributed by atoms with Crippen LogP contribution in [0.4, 0.5) is 0 Å². The third-order valence-corrected chi connectivity index (χ3v) is 3.78. The fourth-order valence-corrected chi connectivity index (χ4v) is 3.08. The van der Waals surface area contributed by atoms with Gasteiger partial charge < -0.3 is 4.43 Å². The lowest BCUT2D eigenvalue weighted by atomic mass is 9.74. The van der Waals surface area contributed by atoms with E-state index in [0.717, 1.165) is 12.8 Å². The summed E-state index contributed by atoms with van der Waals surface area (Å²) in [5.74, 6) is 0.618. The van der Waals surface area contributed by atoms with Crippen molar-refractivity contribution in [3.05, 3.63) is 0 Å². The number of hydrogen-bond donors (Lipinski definition) is 0. The fraction of sp³-hybridized carbons (Fsp3) is 0.923. The smallest absolute Gasteiger partial charge is 0.173 e. The minimum absolute atomic E-state index is 0.117. The maximum atomic E-state index is 9.52. The second kappa shape index (κ2) is 5.84. The Morgan fingerprint density at radius 2 is 1.75 bits per heavy atom. The Hall–Kier alpha value is -0.333. The summed E-state index contributed by atoms with van der Waals surface area (Å²) in [6.45, 7) is 15.0. The van der Waals surface area contributed by atoms with E-state index in [2.05, 4.69) is 53.8 Å². The first-order chi connectivity index (χ1) is 7.14. The molecule has 0 saturated carbocycles. The Morgan fingerprint density at radius 3 is 2.00 bits per heavy atom. The topological polar surface area (TPSA) is 33.0 Å². The van der Waals surface area contributed by atoms with Gasteiger partial charge in [0.15, 0.2) is 9.04 Å². The second-order valence-electron chi connectivity index (χ2n) is 6.29. The molecule has 0 fully saturated rings. The largest absolute Gasteiger partial charge is 0.402 e. The molecule has 2 nitrogen and oxygen atoms in total. The molecular formula is C13H27NOSi. The van der Waals surface area contributed by atoms with E-state index in [0.29, 0.717) is 5.92 Å². The van der Waals surface area contributed by atoms with Gasteiger partial charge in [-0.05, 0) is 31.9 Å². The van der Waals surface area contributed by atoms with Gasteiger partial charge >= 0.3 is 0 Å². The SMILES string of the molecule is CC(C)CCC(C#N)(O[SiH](C)C)C(C)(C)C. The molecule has 0 heterocycles. The van der Waals surface area contributed by atoms with Gasteiger partial charge in [-0.15, -0.1) is 0 Å². The predicted octanol–water partition coefficient (Wildman–Crippen LogP) is 3.73. The molecule has 3 heteroatoms. The minimum atomic E-state index is -1.20. The summed E-state index contributed by atoms with van der Waals surface area (Å²) in [6, 6.07) is 2.45. The Balaban J connectivity index is 4.92. The fourth-order valence-electron chi connectivity index (χ4n) is 1.75. The van der Waals surface area contributed by atoms with Crippen molar-refractivity contribution in [2.24, 2.45) is 11.3 Å². The van der Waals surface area contributed by atoms with Gasteiger partial charge in [0.25, 0.3) is 0 Å². The first-order valence-corrected chi connectivity index (χ1v) is 9.02. The molecule has 1 unspecified atom stereocenters. The second-order valence-corrected chi connectivity index (χ2v) is 8.62. The summed E-state index contributed by atoms with van der Waals surface area (Å²) < 4.78 is 6.08. The average molecular weight is 241 g/mol. The molecule has 0 amide bonds. The normalized spacial score (nSPS) is 16.2. The summed E-state index contributed by atoms with van der Waals surface area (Å²) in [7, 11) is -1.20. The van der Waals surface area contributed by atoms with Crippen LogP contribution in [0.2, 0.25) is 13.1 Å². The zero-order valence-corrected chi connectivity index (χ0v) is 13.1. The molecule has 0 N–H and O–H groups in total. The maximum absolute atomic E-state index is 9.52. The van der Waals surface area contributed by atoms with E-state index in [1.165, 1.54) is 0 Å². The van der Waals surface area contributed by atoms with Crippen LogP contribution in [0.5, 0.6) is 0 Å². The van der Waals surface area contributed by atoms with Crippen molar-refractivity contribution in [3.63, 3.8) is 0 Å². The molecule has 1 atom stereocenters. The van der Waals surface area contributed by atoms with Crippen LogP contribution in [0.25, 0.3) is 0 Å². The van der Waals surface area contributed by atoms with Crippen LogP contribution in [0.1, 0.15) is 47.5 Å². The molecule has 0 saturated heterocycles. The molecule has 0 aliphatic rings. The monoisotopic (exact) mass is 241 g/mol. The third kappa shape index (κ3) is 4.27. The van der Waals surface area contributed by atoms with Gasteiger partial charge in [0.2, 0.25) is 0 Å². The molecule has 0 aliphatic carbocycles. The Bertz CT molecular complexity index is 250. The molecule has 0 aliphatic heterocycles. The van der Waals surface area contributed by atoms with Crippen LogP contribution < -0.4 is 0 Å². The van der Waals surface area contributed by atoms with E-state index in [1.807, 2.05) is 0 Å². The van der Waals surface area contributed by atoms with Gasteiger partial charge in [0.1, 0.15) is 5.60 Å². The zero-order valence-electron chi connectivity index (χ0n) is 11.9. The molecule has 0 bridgehead atoms. The van der Waals surface area contributed by atoms with Crippen LogP contribution in [0, 0.1) is 22.7 Å². The molecule has 94 valence electrons. The molecule has 0 spiro atoms. The van der Waals surface area contributed by atoms with Crippen molar-refractivity contribution in [2.75, 3.05) is 0 Å². The molecular weight excluding hydrogens is 214 g/mol. The summed E-state index contributed by atoms with van der Waals surface area (Å²) in [5.41, 5.74) is -0.717. The number of nitriles is 1. The highest BCUT2D eigenvalue weighted by molar-refractivity contribution is 6.48. The molecule has 0 aromatic rings. The highest BCUT2D eigenvalue weighted by Crippen LogP contribution is 2.38. The molecule has 0 aromatic carbocycles. The predicted molar refractivity (Wildman–Crippen MR) is 71.8 cm³/mol.